The molecule has 2 N–H and O–H groups in total. The molecule has 1 aromatic heterocycles. The van der Waals surface area contributed by atoms with Gasteiger partial charge in [-0.1, -0.05) is 30.7 Å². The van der Waals surface area contributed by atoms with Crippen LogP contribution >= 0.6 is 11.6 Å². The predicted molar refractivity (Wildman–Crippen MR) is 95.5 cm³/mol. The van der Waals surface area contributed by atoms with Crippen molar-refractivity contribution in [2.24, 2.45) is 7.05 Å². The van der Waals surface area contributed by atoms with Gasteiger partial charge < -0.3 is 10.6 Å². The van der Waals surface area contributed by atoms with Gasteiger partial charge in [-0.15, -0.1) is 0 Å². The second kappa shape index (κ2) is 7.97. The summed E-state index contributed by atoms with van der Waals surface area (Å²) in [6.45, 7) is 4.47. The Morgan fingerprint density at radius 1 is 1.33 bits per heavy atom. The molecular weight excluding hydrogens is 328 g/mol. The Morgan fingerprint density at radius 3 is 2.62 bits per heavy atom. The number of carbonyl (C=O) groups is 1. The minimum Gasteiger partial charge on any atom is -0.378 e. The van der Waals surface area contributed by atoms with Crippen LogP contribution in [0, 0.1) is 0 Å². The Kier molecular flexibility index (Phi) is 5.98. The molecule has 128 valence electrons. The fourth-order valence-electron chi connectivity index (χ4n) is 2.01. The fourth-order valence-corrected chi connectivity index (χ4v) is 2.25. The topological polar surface area (TPSA) is 76.0 Å². The number of amides is 1. The molecule has 0 aliphatic rings. The minimum atomic E-state index is -0.348. The summed E-state index contributed by atoms with van der Waals surface area (Å²) in [5.41, 5.74) is 1.72. The van der Waals surface area contributed by atoms with Gasteiger partial charge in [0.25, 0.3) is 11.5 Å². The van der Waals surface area contributed by atoms with E-state index in [-0.39, 0.29) is 22.5 Å². The number of nitrogens with one attached hydrogen (secondary N) is 2. The van der Waals surface area contributed by atoms with Crippen LogP contribution in [0.4, 0.5) is 5.69 Å². The standard InChI is InChI=1S/C17H21ClN4O2/c1-4-11(2)21-16(23)13-7-5-12(6-8-13)9-19-14-10-20-22(3)17(24)15(14)18/h5-8,10-11,19H,4,9H2,1-3H3,(H,21,23). The first-order valence-corrected chi connectivity index (χ1v) is 8.15. The number of halogens is 1. The number of hydrogen-bond donors (Lipinski definition) is 2. The molecule has 0 aliphatic heterocycles. The van der Waals surface area contributed by atoms with E-state index in [1.54, 1.807) is 19.2 Å². The Labute approximate surface area is 145 Å². The lowest BCUT2D eigenvalue weighted by Crippen LogP contribution is -2.31. The first-order chi connectivity index (χ1) is 11.4. The van der Waals surface area contributed by atoms with E-state index in [0.717, 1.165) is 12.0 Å². The van der Waals surface area contributed by atoms with Crippen molar-refractivity contribution < 1.29 is 4.79 Å². The molecule has 1 amide bonds. The van der Waals surface area contributed by atoms with Crippen LogP contribution in [-0.2, 0) is 13.6 Å². The third-order valence-electron chi connectivity index (χ3n) is 3.77. The first kappa shape index (κ1) is 18.0. The number of carbonyl (C=O) groups excluding carboxylic acids is 1. The molecular formula is C17H21ClN4O2. The van der Waals surface area contributed by atoms with Crippen LogP contribution < -0.4 is 16.2 Å². The van der Waals surface area contributed by atoms with Gasteiger partial charge in [0.15, 0.2) is 0 Å². The molecule has 0 fully saturated rings. The normalized spacial score (nSPS) is 11.8. The minimum absolute atomic E-state index is 0.0809. The zero-order valence-corrected chi connectivity index (χ0v) is 14.7. The number of nitrogens with zero attached hydrogens (tertiary/aromatic N) is 2. The molecule has 1 aromatic carbocycles. The summed E-state index contributed by atoms with van der Waals surface area (Å²) in [5.74, 6) is -0.0809. The number of anilines is 1. The summed E-state index contributed by atoms with van der Waals surface area (Å²) < 4.78 is 1.18. The van der Waals surface area contributed by atoms with Crippen LogP contribution in [0.15, 0.2) is 35.3 Å². The third-order valence-corrected chi connectivity index (χ3v) is 4.13. The van der Waals surface area contributed by atoms with Crippen LogP contribution in [0.1, 0.15) is 36.2 Å². The summed E-state index contributed by atoms with van der Waals surface area (Å²) in [6, 6.07) is 7.42. The van der Waals surface area contributed by atoms with Crippen molar-refractivity contribution in [3.8, 4) is 0 Å². The molecule has 1 heterocycles. The van der Waals surface area contributed by atoms with E-state index in [2.05, 4.69) is 15.7 Å². The smallest absolute Gasteiger partial charge is 0.287 e. The maximum Gasteiger partial charge on any atom is 0.287 e. The van der Waals surface area contributed by atoms with Gasteiger partial charge in [-0.05, 0) is 31.0 Å². The van der Waals surface area contributed by atoms with Crippen molar-refractivity contribution in [2.75, 3.05) is 5.32 Å². The highest BCUT2D eigenvalue weighted by Gasteiger charge is 2.09. The van der Waals surface area contributed by atoms with E-state index < -0.39 is 0 Å². The summed E-state index contributed by atoms with van der Waals surface area (Å²) in [6.07, 6.45) is 2.40. The Hall–Kier alpha value is -2.34. The molecule has 1 atom stereocenters. The van der Waals surface area contributed by atoms with Crippen molar-refractivity contribution in [3.63, 3.8) is 0 Å². The summed E-state index contributed by atoms with van der Waals surface area (Å²) >= 11 is 6.00. The molecule has 6 nitrogen and oxygen atoms in total. The molecule has 7 heteroatoms. The Balaban J connectivity index is 2.01. The summed E-state index contributed by atoms with van der Waals surface area (Å²) in [7, 11) is 1.54. The lowest BCUT2D eigenvalue weighted by atomic mass is 10.1. The second-order valence-corrected chi connectivity index (χ2v) is 6.01. The van der Waals surface area contributed by atoms with Gasteiger partial charge in [0.1, 0.15) is 5.02 Å². The summed E-state index contributed by atoms with van der Waals surface area (Å²) in [4.78, 5) is 23.7. The molecule has 1 unspecified atom stereocenters. The molecule has 24 heavy (non-hydrogen) atoms. The predicted octanol–water partition coefficient (Wildman–Crippen LogP) is 2.57. The number of aryl methyl sites for hydroxylation is 1. The van der Waals surface area contributed by atoms with E-state index in [9.17, 15) is 9.59 Å². The first-order valence-electron chi connectivity index (χ1n) is 7.77. The SMILES string of the molecule is CCC(C)NC(=O)c1ccc(CNc2cnn(C)c(=O)c2Cl)cc1. The maximum atomic E-state index is 12.0. The zero-order valence-electron chi connectivity index (χ0n) is 14.0. The number of hydrogen-bond acceptors (Lipinski definition) is 4. The molecule has 2 rings (SSSR count). The monoisotopic (exact) mass is 348 g/mol. The van der Waals surface area contributed by atoms with Crippen molar-refractivity contribution >= 4 is 23.2 Å². The Morgan fingerprint density at radius 2 is 2.00 bits per heavy atom. The number of rotatable bonds is 6. The molecule has 0 aliphatic carbocycles. The van der Waals surface area contributed by atoms with E-state index in [4.69, 9.17) is 11.6 Å². The van der Waals surface area contributed by atoms with E-state index in [1.807, 2.05) is 26.0 Å². The third kappa shape index (κ3) is 4.35. The van der Waals surface area contributed by atoms with E-state index in [0.29, 0.717) is 17.8 Å². The van der Waals surface area contributed by atoms with Crippen LogP contribution in [0.3, 0.4) is 0 Å². The zero-order chi connectivity index (χ0) is 17.7. The molecule has 0 radical (unpaired) electrons. The Bertz CT molecular complexity index is 771. The van der Waals surface area contributed by atoms with Gasteiger partial charge in [0.2, 0.25) is 0 Å². The van der Waals surface area contributed by atoms with Crippen molar-refractivity contribution in [3.05, 3.63) is 57.0 Å². The largest absolute Gasteiger partial charge is 0.378 e. The van der Waals surface area contributed by atoms with Crippen molar-refractivity contribution in [1.82, 2.24) is 15.1 Å². The highest BCUT2D eigenvalue weighted by Crippen LogP contribution is 2.16. The van der Waals surface area contributed by atoms with Gasteiger partial charge in [0, 0.05) is 25.2 Å². The quantitative estimate of drug-likeness (QED) is 0.841. The molecule has 2 aromatic rings. The number of aromatic nitrogens is 2. The second-order valence-electron chi connectivity index (χ2n) is 5.63. The number of benzene rings is 1. The molecule has 0 spiro atoms. The van der Waals surface area contributed by atoms with Gasteiger partial charge >= 0.3 is 0 Å². The average Bonchev–Trinajstić information content (AvgIpc) is 2.59. The van der Waals surface area contributed by atoms with Crippen LogP contribution in [0.2, 0.25) is 5.02 Å². The summed E-state index contributed by atoms with van der Waals surface area (Å²) in [5, 5.41) is 10.0. The van der Waals surface area contributed by atoms with Gasteiger partial charge in [-0.2, -0.15) is 5.10 Å². The molecule has 0 saturated carbocycles. The lowest BCUT2D eigenvalue weighted by molar-refractivity contribution is 0.0939. The van der Waals surface area contributed by atoms with Crippen LogP contribution in [0.25, 0.3) is 0 Å². The van der Waals surface area contributed by atoms with Gasteiger partial charge in [-0.3, -0.25) is 9.59 Å². The highest BCUT2D eigenvalue weighted by molar-refractivity contribution is 6.32. The van der Waals surface area contributed by atoms with Crippen LogP contribution in [-0.4, -0.2) is 21.7 Å². The van der Waals surface area contributed by atoms with E-state index >= 15 is 0 Å². The highest BCUT2D eigenvalue weighted by atomic mass is 35.5. The van der Waals surface area contributed by atoms with Crippen LogP contribution in [0.5, 0.6) is 0 Å². The average molecular weight is 349 g/mol. The fraction of sp³-hybridized carbons (Fsp3) is 0.353. The lowest BCUT2D eigenvalue weighted by Gasteiger charge is -2.12. The maximum absolute atomic E-state index is 12.0. The van der Waals surface area contributed by atoms with Crippen molar-refractivity contribution in [2.45, 2.75) is 32.9 Å². The van der Waals surface area contributed by atoms with Crippen molar-refractivity contribution in [1.29, 1.82) is 0 Å². The molecule has 0 bridgehead atoms. The van der Waals surface area contributed by atoms with Gasteiger partial charge in [0.05, 0.1) is 11.9 Å². The molecule has 0 saturated heterocycles. The van der Waals surface area contributed by atoms with Gasteiger partial charge in [-0.25, -0.2) is 4.68 Å². The van der Waals surface area contributed by atoms with E-state index in [1.165, 1.54) is 10.9 Å².